The normalized spacial score (nSPS) is 26.3. The van der Waals surface area contributed by atoms with Crippen LogP contribution in [-0.2, 0) is 62.6 Å². The van der Waals surface area contributed by atoms with Crippen molar-refractivity contribution in [1.82, 2.24) is 0 Å². The van der Waals surface area contributed by atoms with Gasteiger partial charge in [-0.25, -0.2) is 0 Å². The third kappa shape index (κ3) is 23.8. The van der Waals surface area contributed by atoms with E-state index in [1.54, 1.807) is 0 Å². The molecule has 0 bridgehead atoms. The molecule has 0 saturated carbocycles. The highest BCUT2D eigenvalue weighted by Gasteiger charge is 2.53. The highest BCUT2D eigenvalue weighted by molar-refractivity contribution is 6.92. The van der Waals surface area contributed by atoms with Gasteiger partial charge in [0.15, 0.2) is 16.6 Å². The molecule has 4 rings (SSSR count). The van der Waals surface area contributed by atoms with Gasteiger partial charge >= 0.3 is 42.8 Å². The zero-order valence-corrected chi connectivity index (χ0v) is 44.7. The van der Waals surface area contributed by atoms with Crippen molar-refractivity contribution >= 4 is 59.4 Å². The summed E-state index contributed by atoms with van der Waals surface area (Å²) in [5.41, 5.74) is 0. The third-order valence-electron chi connectivity index (χ3n) is 9.33. The third-order valence-corrected chi connectivity index (χ3v) is 37.0. The topological polar surface area (TPSA) is 142 Å². The van der Waals surface area contributed by atoms with E-state index in [1.807, 2.05) is 0 Å². The fourth-order valence-electron chi connectivity index (χ4n) is 7.29. The Morgan fingerprint density at radius 3 is 0.842 bits per heavy atom. The summed E-state index contributed by atoms with van der Waals surface area (Å²) in [6, 6.07) is 3.07. The molecule has 0 aromatic heterocycles. The maximum atomic E-state index is 7.65. The van der Waals surface area contributed by atoms with Gasteiger partial charge in [0.1, 0.15) is 24.4 Å². The smallest absolute Gasteiger partial charge is 0.317 e. The first-order chi connectivity index (χ1) is 26.6. The summed E-state index contributed by atoms with van der Waals surface area (Å²) < 4.78 is 89.4. The second-order valence-electron chi connectivity index (χ2n) is 19.3. The fraction of sp³-hybridized carbons (Fsp3) is 1.00. The highest BCUT2D eigenvalue weighted by atomic mass is 28.5. The van der Waals surface area contributed by atoms with E-state index in [-0.39, 0.29) is 24.4 Å². The Bertz CT molecular complexity index is 1170. The Kier molecular flexibility index (Phi) is 20.0. The van der Waals surface area contributed by atoms with Gasteiger partial charge in [-0.1, -0.05) is 0 Å². The van der Waals surface area contributed by atoms with Crippen LogP contribution in [0.5, 0.6) is 0 Å². The average molecular weight is 934 g/mol. The number of epoxide rings is 4. The van der Waals surface area contributed by atoms with E-state index in [1.165, 1.54) is 0 Å². The number of hydrogen-bond donors (Lipinski definition) is 0. The van der Waals surface area contributed by atoms with E-state index in [2.05, 4.69) is 78.6 Å². The summed E-state index contributed by atoms with van der Waals surface area (Å²) in [7, 11) is -18.2. The molecule has 0 spiro atoms. The summed E-state index contributed by atoms with van der Waals surface area (Å²) in [5, 5.41) is 0. The summed E-state index contributed by atoms with van der Waals surface area (Å²) >= 11 is 0. The maximum Gasteiger partial charge on any atom is 0.317 e. The second kappa shape index (κ2) is 22.5. The second-order valence-corrected chi connectivity index (χ2v) is 46.5. The van der Waals surface area contributed by atoms with Crippen LogP contribution in [0.1, 0.15) is 25.7 Å². The van der Waals surface area contributed by atoms with Crippen molar-refractivity contribution in [2.75, 3.05) is 79.3 Å². The Hall–Kier alpha value is 0.958. The zero-order valence-electron chi connectivity index (χ0n) is 37.7. The SMILES string of the molecule is C[Si](C)(C)O[Si](C)(C)O[Si](C)(CCCOCC1CO1)O[Si](C)(CCCOCC1CO1)O[Si](C)(CCCOCC1CO1)O[Si](C)(CCCOCC1CO1)O[Si](C)(C)C. The molecular formula is C36H80O14Si7. The first-order valence-corrected chi connectivity index (χ1v) is 41.3. The van der Waals surface area contributed by atoms with Gasteiger partial charge in [-0.3, -0.25) is 0 Å². The molecule has 0 aromatic carbocycles. The molecule has 336 valence electrons. The zero-order chi connectivity index (χ0) is 41.9. The van der Waals surface area contributed by atoms with Gasteiger partial charge in [-0.05, 0) is 128 Å². The minimum absolute atomic E-state index is 0.219. The average Bonchev–Trinajstić information content (AvgIpc) is 3.85. The minimum Gasteiger partial charge on any atom is -0.437 e. The lowest BCUT2D eigenvalue weighted by Gasteiger charge is -2.47. The first kappa shape index (κ1) is 50.6. The van der Waals surface area contributed by atoms with Crippen molar-refractivity contribution in [3.05, 3.63) is 0 Å². The molecule has 8 unspecified atom stereocenters. The van der Waals surface area contributed by atoms with Crippen LogP contribution in [0.25, 0.3) is 0 Å². The maximum absolute atomic E-state index is 7.65. The van der Waals surface area contributed by atoms with Crippen LogP contribution in [0, 0.1) is 0 Å². The molecule has 0 radical (unpaired) electrons. The number of ether oxygens (including phenoxy) is 8. The van der Waals surface area contributed by atoms with Crippen molar-refractivity contribution in [2.45, 2.75) is 153 Å². The van der Waals surface area contributed by atoms with Crippen LogP contribution >= 0.6 is 0 Å². The van der Waals surface area contributed by atoms with E-state index in [0.717, 1.165) is 76.3 Å². The first-order valence-electron chi connectivity index (χ1n) is 21.5. The summed E-state index contributed by atoms with van der Waals surface area (Å²) in [4.78, 5) is 0. The molecule has 14 nitrogen and oxygen atoms in total. The van der Waals surface area contributed by atoms with Gasteiger partial charge in [-0.15, -0.1) is 0 Å². The molecule has 4 fully saturated rings. The van der Waals surface area contributed by atoms with Crippen LogP contribution in [0.4, 0.5) is 0 Å². The van der Waals surface area contributed by atoms with Crippen LogP contribution in [0.15, 0.2) is 0 Å². The Balaban J connectivity index is 1.57. The van der Waals surface area contributed by atoms with Crippen molar-refractivity contribution in [3.8, 4) is 0 Å². The van der Waals surface area contributed by atoms with Crippen molar-refractivity contribution < 1.29 is 62.6 Å². The van der Waals surface area contributed by atoms with Gasteiger partial charge in [0.25, 0.3) is 0 Å². The lowest BCUT2D eigenvalue weighted by molar-refractivity contribution is 0.113. The van der Waals surface area contributed by atoms with E-state index in [9.17, 15) is 0 Å². The Morgan fingerprint density at radius 1 is 0.351 bits per heavy atom. The molecule has 4 saturated heterocycles. The van der Waals surface area contributed by atoms with Gasteiger partial charge in [-0.2, -0.15) is 0 Å². The minimum atomic E-state index is -3.04. The molecule has 4 aliphatic rings. The Labute approximate surface area is 352 Å². The van der Waals surface area contributed by atoms with E-state index in [4.69, 9.17) is 62.6 Å². The largest absolute Gasteiger partial charge is 0.437 e. The van der Waals surface area contributed by atoms with Crippen LogP contribution < -0.4 is 0 Å². The summed E-state index contributed by atoms with van der Waals surface area (Å²) in [6.07, 6.45) is 4.20. The molecule has 0 amide bonds. The monoisotopic (exact) mass is 932 g/mol. The standard InChI is InChI=1S/C36H80O14Si7/c1-51(2,3)45-53(7,8)47-55(10,22-14-18-38-26-34-30-42-34)49-57(12,24-16-20-40-28-36-32-44-36)50-56(11,23-15-19-39-27-35-31-43-35)48-54(9,46-52(4,5)6)21-13-17-37-25-33-29-41-33/h33-36H,13-32H2,1-12H3. The predicted octanol–water partition coefficient (Wildman–Crippen LogP) is 6.97. The summed E-state index contributed by atoms with van der Waals surface area (Å²) in [6.45, 7) is 34.8. The number of rotatable bonds is 36. The van der Waals surface area contributed by atoms with Gasteiger partial charge in [0, 0.05) is 26.4 Å². The fourth-order valence-corrected chi connectivity index (χ4v) is 42.6. The van der Waals surface area contributed by atoms with Crippen molar-refractivity contribution in [1.29, 1.82) is 0 Å². The molecular weight excluding hydrogens is 853 g/mol. The van der Waals surface area contributed by atoms with E-state index < -0.39 is 59.4 Å². The van der Waals surface area contributed by atoms with Gasteiger partial charge in [0.05, 0.1) is 52.9 Å². The van der Waals surface area contributed by atoms with Crippen LogP contribution in [-0.4, -0.2) is 163 Å². The molecule has 0 aliphatic carbocycles. The number of hydrogen-bond acceptors (Lipinski definition) is 14. The predicted molar refractivity (Wildman–Crippen MR) is 237 cm³/mol. The quantitative estimate of drug-likeness (QED) is 0.0363. The van der Waals surface area contributed by atoms with Crippen molar-refractivity contribution in [3.63, 3.8) is 0 Å². The van der Waals surface area contributed by atoms with E-state index >= 15 is 0 Å². The van der Waals surface area contributed by atoms with E-state index in [0.29, 0.717) is 52.9 Å². The molecule has 0 aromatic rings. The van der Waals surface area contributed by atoms with Crippen LogP contribution in [0.2, 0.25) is 103 Å². The lowest BCUT2D eigenvalue weighted by atomic mass is 10.5. The van der Waals surface area contributed by atoms with Crippen LogP contribution in [0.3, 0.4) is 0 Å². The molecule has 4 heterocycles. The molecule has 4 aliphatic heterocycles. The van der Waals surface area contributed by atoms with Gasteiger partial charge in [0.2, 0.25) is 0 Å². The molecule has 21 heteroatoms. The summed E-state index contributed by atoms with van der Waals surface area (Å²) in [5.74, 6) is 0. The molecule has 0 N–H and O–H groups in total. The lowest BCUT2D eigenvalue weighted by Crippen LogP contribution is -2.63. The van der Waals surface area contributed by atoms with Crippen molar-refractivity contribution in [2.24, 2.45) is 0 Å². The van der Waals surface area contributed by atoms with Gasteiger partial charge < -0.3 is 62.6 Å². The Morgan fingerprint density at radius 2 is 0.596 bits per heavy atom. The highest BCUT2D eigenvalue weighted by Crippen LogP contribution is 2.36. The molecule has 57 heavy (non-hydrogen) atoms. The molecule has 8 atom stereocenters.